The van der Waals surface area contributed by atoms with Crippen LogP contribution in [0.25, 0.3) is 0 Å². The zero-order valence-corrected chi connectivity index (χ0v) is 13.2. The molecule has 1 heterocycles. The maximum absolute atomic E-state index is 12.1. The number of nitrogens with zero attached hydrogens (tertiary/aromatic N) is 1. The second-order valence-electron chi connectivity index (χ2n) is 4.21. The molecule has 1 aromatic carbocycles. The van der Waals surface area contributed by atoms with E-state index < -0.39 is 31.2 Å². The SMILES string of the molecule is N#Cc1ccc(S(=O)(=O)CCS(=O)(=O)c2cccs2)cc1. The lowest BCUT2D eigenvalue weighted by Crippen LogP contribution is -2.17. The molecule has 0 aliphatic carbocycles. The summed E-state index contributed by atoms with van der Waals surface area (Å²) in [6.07, 6.45) is 0. The minimum atomic E-state index is -3.69. The molecule has 0 atom stereocenters. The van der Waals surface area contributed by atoms with E-state index in [0.29, 0.717) is 5.56 Å². The lowest BCUT2D eigenvalue weighted by Gasteiger charge is -2.05. The third-order valence-corrected chi connectivity index (χ3v) is 7.96. The molecule has 0 aliphatic heterocycles. The molecular formula is C13H11NO4S3. The van der Waals surface area contributed by atoms with Gasteiger partial charge >= 0.3 is 0 Å². The summed E-state index contributed by atoms with van der Waals surface area (Å²) in [4.78, 5) is 0.0166. The van der Waals surface area contributed by atoms with Crippen molar-refractivity contribution in [2.75, 3.05) is 11.5 Å². The number of sulfone groups is 2. The van der Waals surface area contributed by atoms with Crippen LogP contribution in [0.15, 0.2) is 50.9 Å². The van der Waals surface area contributed by atoms with Crippen molar-refractivity contribution in [2.45, 2.75) is 9.10 Å². The standard InChI is InChI=1S/C13H11NO4S3/c14-10-11-3-5-12(6-4-11)20(15,16)8-9-21(17,18)13-2-1-7-19-13/h1-7H,8-9H2. The Morgan fingerprint density at radius 3 is 2.10 bits per heavy atom. The summed E-state index contributed by atoms with van der Waals surface area (Å²) in [5, 5.41) is 10.3. The van der Waals surface area contributed by atoms with Gasteiger partial charge in [-0.25, -0.2) is 16.8 Å². The van der Waals surface area contributed by atoms with Crippen LogP contribution in [0.5, 0.6) is 0 Å². The van der Waals surface area contributed by atoms with E-state index in [0.717, 1.165) is 11.3 Å². The van der Waals surface area contributed by atoms with Crippen LogP contribution in [0.1, 0.15) is 5.56 Å². The van der Waals surface area contributed by atoms with Gasteiger partial charge in [0.15, 0.2) is 19.7 Å². The molecule has 0 aliphatic rings. The van der Waals surface area contributed by atoms with Gasteiger partial charge < -0.3 is 0 Å². The average Bonchev–Trinajstić information content (AvgIpc) is 3.01. The van der Waals surface area contributed by atoms with E-state index in [-0.39, 0.29) is 9.10 Å². The van der Waals surface area contributed by atoms with Crippen LogP contribution in [-0.2, 0) is 19.7 Å². The molecule has 8 heteroatoms. The molecule has 1 aromatic heterocycles. The van der Waals surface area contributed by atoms with Crippen molar-refractivity contribution in [3.05, 3.63) is 47.3 Å². The monoisotopic (exact) mass is 341 g/mol. The molecule has 0 fully saturated rings. The van der Waals surface area contributed by atoms with Crippen molar-refractivity contribution >= 4 is 31.0 Å². The van der Waals surface area contributed by atoms with E-state index in [1.807, 2.05) is 6.07 Å². The highest BCUT2D eigenvalue weighted by atomic mass is 32.2. The van der Waals surface area contributed by atoms with Gasteiger partial charge in [-0.2, -0.15) is 5.26 Å². The third kappa shape index (κ3) is 3.69. The Balaban J connectivity index is 2.17. The Kier molecular flexibility index (Phi) is 4.46. The Morgan fingerprint density at radius 1 is 0.952 bits per heavy atom. The summed E-state index contributed by atoms with van der Waals surface area (Å²) in [5.74, 6) is -0.949. The van der Waals surface area contributed by atoms with Gasteiger partial charge in [-0.05, 0) is 35.7 Å². The molecule has 0 N–H and O–H groups in total. The largest absolute Gasteiger partial charge is 0.224 e. The second-order valence-corrected chi connectivity index (χ2v) is 9.60. The van der Waals surface area contributed by atoms with Crippen LogP contribution in [0.3, 0.4) is 0 Å². The first-order valence-electron chi connectivity index (χ1n) is 5.84. The van der Waals surface area contributed by atoms with Crippen LogP contribution in [-0.4, -0.2) is 28.3 Å². The van der Waals surface area contributed by atoms with Gasteiger partial charge in [-0.1, -0.05) is 6.07 Å². The van der Waals surface area contributed by atoms with E-state index in [1.54, 1.807) is 11.4 Å². The first-order chi connectivity index (χ1) is 9.85. The third-order valence-electron chi connectivity index (χ3n) is 2.76. The number of hydrogen-bond donors (Lipinski definition) is 0. The predicted octanol–water partition coefficient (Wildman–Crippen LogP) is 1.87. The molecule has 2 rings (SSSR count). The van der Waals surface area contributed by atoms with Crippen LogP contribution in [0, 0.1) is 11.3 Å². The molecule has 2 aromatic rings. The summed E-state index contributed by atoms with van der Waals surface area (Å²) < 4.78 is 48.3. The van der Waals surface area contributed by atoms with Crippen molar-refractivity contribution in [2.24, 2.45) is 0 Å². The van der Waals surface area contributed by atoms with Gasteiger partial charge in [-0.3, -0.25) is 0 Å². The van der Waals surface area contributed by atoms with Crippen molar-refractivity contribution in [1.82, 2.24) is 0 Å². The number of thiophene rings is 1. The lowest BCUT2D eigenvalue weighted by molar-refractivity contribution is 0.588. The maximum Gasteiger partial charge on any atom is 0.188 e. The van der Waals surface area contributed by atoms with Crippen LogP contribution in [0.2, 0.25) is 0 Å². The molecule has 0 spiro atoms. The van der Waals surface area contributed by atoms with E-state index in [9.17, 15) is 16.8 Å². The highest BCUT2D eigenvalue weighted by molar-refractivity contribution is 7.96. The minimum Gasteiger partial charge on any atom is -0.224 e. The fourth-order valence-corrected chi connectivity index (χ4v) is 6.10. The zero-order valence-electron chi connectivity index (χ0n) is 10.8. The highest BCUT2D eigenvalue weighted by Crippen LogP contribution is 2.19. The summed E-state index contributed by atoms with van der Waals surface area (Å²) in [6.45, 7) is 0. The van der Waals surface area contributed by atoms with E-state index in [1.165, 1.54) is 30.3 Å². The van der Waals surface area contributed by atoms with Crippen LogP contribution >= 0.6 is 11.3 Å². The van der Waals surface area contributed by atoms with Gasteiger partial charge in [0, 0.05) is 0 Å². The van der Waals surface area contributed by atoms with Crippen LogP contribution in [0.4, 0.5) is 0 Å². The number of hydrogen-bond acceptors (Lipinski definition) is 6. The van der Waals surface area contributed by atoms with Crippen molar-refractivity contribution in [1.29, 1.82) is 5.26 Å². The van der Waals surface area contributed by atoms with Crippen molar-refractivity contribution in [3.8, 4) is 6.07 Å². The van der Waals surface area contributed by atoms with Gasteiger partial charge in [0.05, 0.1) is 28.0 Å². The quantitative estimate of drug-likeness (QED) is 0.828. The topological polar surface area (TPSA) is 92.1 Å². The molecule has 0 bridgehead atoms. The molecule has 0 saturated carbocycles. The highest BCUT2D eigenvalue weighted by Gasteiger charge is 2.22. The Bertz CT molecular complexity index is 858. The van der Waals surface area contributed by atoms with Gasteiger partial charge in [-0.15, -0.1) is 11.3 Å². The van der Waals surface area contributed by atoms with Crippen molar-refractivity contribution in [3.63, 3.8) is 0 Å². The van der Waals surface area contributed by atoms with Gasteiger partial charge in [0.1, 0.15) is 4.21 Å². The smallest absolute Gasteiger partial charge is 0.188 e. The number of benzene rings is 1. The van der Waals surface area contributed by atoms with Gasteiger partial charge in [0.2, 0.25) is 0 Å². The predicted molar refractivity (Wildman–Crippen MR) is 79.6 cm³/mol. The van der Waals surface area contributed by atoms with Gasteiger partial charge in [0.25, 0.3) is 0 Å². The molecule has 0 unspecified atom stereocenters. The fourth-order valence-electron chi connectivity index (χ4n) is 1.62. The van der Waals surface area contributed by atoms with E-state index in [2.05, 4.69) is 0 Å². The first-order valence-corrected chi connectivity index (χ1v) is 10.0. The zero-order chi connectivity index (χ0) is 15.5. The van der Waals surface area contributed by atoms with Crippen molar-refractivity contribution < 1.29 is 16.8 Å². The Labute approximate surface area is 127 Å². The average molecular weight is 341 g/mol. The molecular weight excluding hydrogens is 330 g/mol. The second kappa shape index (κ2) is 5.97. The molecule has 5 nitrogen and oxygen atoms in total. The summed E-state index contributed by atoms with van der Waals surface area (Å²) in [6, 6.07) is 10.3. The fraction of sp³-hybridized carbons (Fsp3) is 0.154. The lowest BCUT2D eigenvalue weighted by atomic mass is 10.2. The first kappa shape index (κ1) is 15.7. The number of rotatable bonds is 5. The molecule has 0 radical (unpaired) electrons. The summed E-state index contributed by atoms with van der Waals surface area (Å²) >= 11 is 1.06. The summed E-state index contributed by atoms with van der Waals surface area (Å²) in [5.41, 5.74) is 0.347. The van der Waals surface area contributed by atoms with E-state index in [4.69, 9.17) is 5.26 Å². The molecule has 0 amide bonds. The molecule has 0 saturated heterocycles. The minimum absolute atomic E-state index is 0.0166. The number of nitriles is 1. The van der Waals surface area contributed by atoms with E-state index >= 15 is 0 Å². The maximum atomic E-state index is 12.1. The Morgan fingerprint density at radius 2 is 1.57 bits per heavy atom. The van der Waals surface area contributed by atoms with Crippen LogP contribution < -0.4 is 0 Å². The molecule has 21 heavy (non-hydrogen) atoms. The Hall–Kier alpha value is -1.69. The summed E-state index contributed by atoms with van der Waals surface area (Å²) in [7, 11) is -7.28. The normalized spacial score (nSPS) is 12.0. The molecule has 110 valence electrons.